The Labute approximate surface area is 185 Å². The molecule has 1 unspecified atom stereocenters. The number of primary amides is 1. The monoisotopic (exact) mass is 441 g/mol. The smallest absolute Gasteiger partial charge is 0.241 e. The van der Waals surface area contributed by atoms with Gasteiger partial charge in [0.1, 0.15) is 11.9 Å². The quantitative estimate of drug-likeness (QED) is 0.544. The number of carbonyl (C=O) groups excluding carboxylic acids is 1. The SMILES string of the molecule is Cc1noc(NC(CN2CCN(c3nc(Cc4ccccc4)ns3)CC2)C(N)=O)c1C. The molecule has 10 heteroatoms. The van der Waals surface area contributed by atoms with Crippen LogP contribution in [0.25, 0.3) is 0 Å². The molecule has 1 amide bonds. The van der Waals surface area contributed by atoms with Crippen molar-refractivity contribution in [1.82, 2.24) is 19.4 Å². The molecule has 1 aliphatic heterocycles. The zero-order valence-electron chi connectivity index (χ0n) is 17.7. The molecule has 3 aromatic rings. The zero-order valence-corrected chi connectivity index (χ0v) is 18.6. The number of hydrogen-bond donors (Lipinski definition) is 2. The van der Waals surface area contributed by atoms with Crippen LogP contribution >= 0.6 is 11.5 Å². The summed E-state index contributed by atoms with van der Waals surface area (Å²) in [5, 5.41) is 7.98. The molecule has 1 atom stereocenters. The van der Waals surface area contributed by atoms with Gasteiger partial charge in [0.15, 0.2) is 0 Å². The molecule has 0 radical (unpaired) electrons. The molecular weight excluding hydrogens is 414 g/mol. The van der Waals surface area contributed by atoms with E-state index in [0.717, 1.165) is 54.8 Å². The van der Waals surface area contributed by atoms with Gasteiger partial charge in [0.2, 0.25) is 16.9 Å². The number of nitrogens with zero attached hydrogens (tertiary/aromatic N) is 5. The molecule has 4 rings (SSSR count). The largest absolute Gasteiger partial charge is 0.368 e. The van der Waals surface area contributed by atoms with Crippen molar-refractivity contribution in [3.8, 4) is 0 Å². The first kappa shape index (κ1) is 21.3. The number of hydrogen-bond acceptors (Lipinski definition) is 9. The fourth-order valence-electron chi connectivity index (χ4n) is 3.52. The highest BCUT2D eigenvalue weighted by Gasteiger charge is 2.26. The van der Waals surface area contributed by atoms with Gasteiger partial charge in [0, 0.05) is 56.2 Å². The van der Waals surface area contributed by atoms with Crippen LogP contribution in [0.15, 0.2) is 34.9 Å². The molecule has 0 bridgehead atoms. The van der Waals surface area contributed by atoms with Crippen molar-refractivity contribution in [2.24, 2.45) is 5.73 Å². The maximum absolute atomic E-state index is 12.0. The molecule has 0 aliphatic carbocycles. The summed E-state index contributed by atoms with van der Waals surface area (Å²) in [5.74, 6) is 0.939. The van der Waals surface area contributed by atoms with Gasteiger partial charge in [0.25, 0.3) is 0 Å². The Kier molecular flexibility index (Phi) is 6.47. The van der Waals surface area contributed by atoms with Crippen LogP contribution in [-0.2, 0) is 11.2 Å². The standard InChI is InChI=1S/C21H27N7O2S/c1-14-15(2)25-30-20(14)23-17(19(22)29)13-27-8-10-28(11-9-27)21-24-18(26-31-21)12-16-6-4-3-5-7-16/h3-7,17,23H,8-13H2,1-2H3,(H2,22,29). The lowest BCUT2D eigenvalue weighted by atomic mass is 10.1. The Morgan fingerprint density at radius 1 is 1.23 bits per heavy atom. The molecule has 1 aliphatic rings. The first-order chi connectivity index (χ1) is 15.0. The Balaban J connectivity index is 1.31. The van der Waals surface area contributed by atoms with Crippen molar-refractivity contribution in [2.45, 2.75) is 26.3 Å². The van der Waals surface area contributed by atoms with E-state index in [0.29, 0.717) is 12.4 Å². The minimum Gasteiger partial charge on any atom is -0.368 e. The molecule has 2 aromatic heterocycles. The third-order valence-electron chi connectivity index (χ3n) is 5.55. The topological polar surface area (TPSA) is 113 Å². The van der Waals surface area contributed by atoms with Crippen molar-refractivity contribution >= 4 is 28.5 Å². The summed E-state index contributed by atoms with van der Waals surface area (Å²) < 4.78 is 9.80. The molecule has 3 N–H and O–H groups in total. The van der Waals surface area contributed by atoms with E-state index in [1.165, 1.54) is 17.1 Å². The number of piperazine rings is 1. The van der Waals surface area contributed by atoms with Crippen LogP contribution < -0.4 is 16.0 Å². The minimum atomic E-state index is -0.545. The predicted octanol–water partition coefficient (Wildman–Crippen LogP) is 1.82. The summed E-state index contributed by atoms with van der Waals surface area (Å²) in [5.41, 5.74) is 8.52. The van der Waals surface area contributed by atoms with Gasteiger partial charge in [-0.25, -0.2) is 4.98 Å². The van der Waals surface area contributed by atoms with Crippen molar-refractivity contribution < 1.29 is 9.32 Å². The minimum absolute atomic E-state index is 0.412. The van der Waals surface area contributed by atoms with Crippen LogP contribution in [0.2, 0.25) is 0 Å². The summed E-state index contributed by atoms with van der Waals surface area (Å²) in [6, 6.07) is 9.70. The second-order valence-electron chi connectivity index (χ2n) is 7.76. The van der Waals surface area contributed by atoms with E-state index in [1.54, 1.807) is 0 Å². The van der Waals surface area contributed by atoms with Crippen molar-refractivity contribution in [3.63, 3.8) is 0 Å². The normalized spacial score (nSPS) is 15.7. The number of benzene rings is 1. The zero-order chi connectivity index (χ0) is 21.8. The van der Waals surface area contributed by atoms with Gasteiger partial charge in [-0.1, -0.05) is 35.5 Å². The van der Waals surface area contributed by atoms with Gasteiger partial charge in [-0.2, -0.15) is 4.37 Å². The molecule has 1 fully saturated rings. The first-order valence-corrected chi connectivity index (χ1v) is 11.1. The Morgan fingerprint density at radius 2 is 1.97 bits per heavy atom. The third kappa shape index (κ3) is 5.20. The van der Waals surface area contributed by atoms with Gasteiger partial charge >= 0.3 is 0 Å². The number of aryl methyl sites for hydroxylation is 1. The summed E-state index contributed by atoms with van der Waals surface area (Å²) in [4.78, 5) is 21.2. The number of rotatable bonds is 8. The first-order valence-electron chi connectivity index (χ1n) is 10.3. The molecule has 164 valence electrons. The van der Waals surface area contributed by atoms with Crippen LogP contribution in [-0.4, -0.2) is 64.1 Å². The molecule has 0 spiro atoms. The molecule has 0 saturated carbocycles. The second-order valence-corrected chi connectivity index (χ2v) is 8.49. The number of amides is 1. The van der Waals surface area contributed by atoms with E-state index in [9.17, 15) is 4.79 Å². The molecule has 31 heavy (non-hydrogen) atoms. The summed E-state index contributed by atoms with van der Waals surface area (Å²) in [6.45, 7) is 7.55. The Bertz CT molecular complexity index is 1010. The number of anilines is 2. The van der Waals surface area contributed by atoms with E-state index >= 15 is 0 Å². The average molecular weight is 442 g/mol. The fourth-order valence-corrected chi connectivity index (χ4v) is 4.25. The number of nitrogens with two attached hydrogens (primary N) is 1. The number of aromatic nitrogens is 3. The number of nitrogens with one attached hydrogen (secondary N) is 1. The van der Waals surface area contributed by atoms with E-state index in [-0.39, 0.29) is 0 Å². The average Bonchev–Trinajstić information content (AvgIpc) is 3.36. The van der Waals surface area contributed by atoms with E-state index in [1.807, 2.05) is 32.0 Å². The van der Waals surface area contributed by atoms with E-state index in [4.69, 9.17) is 15.2 Å². The molecule has 3 heterocycles. The van der Waals surface area contributed by atoms with Crippen LogP contribution in [0.3, 0.4) is 0 Å². The van der Waals surface area contributed by atoms with Crippen molar-refractivity contribution in [1.29, 1.82) is 0 Å². The fraction of sp³-hybridized carbons (Fsp3) is 0.429. The van der Waals surface area contributed by atoms with E-state index in [2.05, 4.69) is 36.8 Å². The van der Waals surface area contributed by atoms with Crippen molar-refractivity contribution in [3.05, 3.63) is 53.0 Å². The molecule has 9 nitrogen and oxygen atoms in total. The van der Waals surface area contributed by atoms with Gasteiger partial charge in [0.05, 0.1) is 5.69 Å². The highest BCUT2D eigenvalue weighted by Crippen LogP contribution is 2.22. The highest BCUT2D eigenvalue weighted by atomic mass is 32.1. The molecular formula is C21H27N7O2S. The van der Waals surface area contributed by atoms with Gasteiger partial charge < -0.3 is 20.5 Å². The Morgan fingerprint density at radius 3 is 2.61 bits per heavy atom. The molecule has 1 aromatic carbocycles. The lowest BCUT2D eigenvalue weighted by molar-refractivity contribution is -0.119. The number of carbonyl (C=O) groups is 1. The lowest BCUT2D eigenvalue weighted by Crippen LogP contribution is -2.52. The third-order valence-corrected chi connectivity index (χ3v) is 6.37. The summed E-state index contributed by atoms with van der Waals surface area (Å²) >= 11 is 1.44. The van der Waals surface area contributed by atoms with Crippen LogP contribution in [0.1, 0.15) is 22.6 Å². The maximum atomic E-state index is 12.0. The van der Waals surface area contributed by atoms with Crippen LogP contribution in [0, 0.1) is 13.8 Å². The second kappa shape index (κ2) is 9.44. The van der Waals surface area contributed by atoms with Gasteiger partial charge in [-0.05, 0) is 19.4 Å². The maximum Gasteiger partial charge on any atom is 0.241 e. The van der Waals surface area contributed by atoms with Crippen LogP contribution in [0.5, 0.6) is 0 Å². The van der Waals surface area contributed by atoms with Crippen LogP contribution in [0.4, 0.5) is 11.0 Å². The van der Waals surface area contributed by atoms with Gasteiger partial charge in [-0.15, -0.1) is 0 Å². The Hall–Kier alpha value is -2.98. The lowest BCUT2D eigenvalue weighted by Gasteiger charge is -2.35. The highest BCUT2D eigenvalue weighted by molar-refractivity contribution is 7.09. The van der Waals surface area contributed by atoms with Gasteiger partial charge in [-0.3, -0.25) is 9.69 Å². The molecule has 1 saturated heterocycles. The van der Waals surface area contributed by atoms with E-state index < -0.39 is 11.9 Å². The summed E-state index contributed by atoms with van der Waals surface area (Å²) in [7, 11) is 0. The van der Waals surface area contributed by atoms with Crippen molar-refractivity contribution in [2.75, 3.05) is 42.9 Å². The summed E-state index contributed by atoms with van der Waals surface area (Å²) in [6.07, 6.45) is 0.740. The predicted molar refractivity (Wildman–Crippen MR) is 120 cm³/mol.